The molecule has 1 aromatic heterocycles. The summed E-state index contributed by atoms with van der Waals surface area (Å²) in [5.74, 6) is -0.834. The molecule has 2 aliphatic heterocycles. The van der Waals surface area contributed by atoms with Crippen molar-refractivity contribution in [3.05, 3.63) is 58.0 Å². The summed E-state index contributed by atoms with van der Waals surface area (Å²) in [6.45, 7) is 5.14. The fourth-order valence-electron chi connectivity index (χ4n) is 4.55. The Morgan fingerprint density at radius 2 is 1.87 bits per heavy atom. The standard InChI is InChI=1S/C26H26Cl2FN7O2S/c1-2-20(32-24(30)31)22-23(39-25(33-22)34-9-11-38-12-10-34)15-3-6-19(29)21(13-15)36-8-7-35(26(36)37)16-4-5-17(27)18(28)14-16/h3-6,13-14H,2,7-12H2,1H3,(H3,30,31). The first-order valence-electron chi connectivity index (χ1n) is 12.4. The summed E-state index contributed by atoms with van der Waals surface area (Å²) in [6, 6.07) is 9.27. The fraction of sp³-hybridized carbons (Fsp3) is 0.308. The van der Waals surface area contributed by atoms with Crippen molar-refractivity contribution in [3.8, 4) is 10.4 Å². The zero-order valence-corrected chi connectivity index (χ0v) is 23.4. The van der Waals surface area contributed by atoms with Gasteiger partial charge in [0.25, 0.3) is 0 Å². The number of amides is 2. The van der Waals surface area contributed by atoms with Crippen LogP contribution in [0.2, 0.25) is 10.0 Å². The second-order valence-electron chi connectivity index (χ2n) is 8.92. The summed E-state index contributed by atoms with van der Waals surface area (Å²) in [6.07, 6.45) is 0.496. The molecule has 5 rings (SSSR count). The smallest absolute Gasteiger partial charge is 0.329 e. The van der Waals surface area contributed by atoms with Gasteiger partial charge in [-0.1, -0.05) is 47.5 Å². The number of hydrogen-bond donors (Lipinski definition) is 2. The van der Waals surface area contributed by atoms with Crippen molar-refractivity contribution in [3.63, 3.8) is 0 Å². The van der Waals surface area contributed by atoms with E-state index in [9.17, 15) is 4.79 Å². The van der Waals surface area contributed by atoms with Crippen molar-refractivity contribution < 1.29 is 13.9 Å². The van der Waals surface area contributed by atoms with Gasteiger partial charge >= 0.3 is 6.03 Å². The number of aromatic nitrogens is 1. The molecule has 0 atom stereocenters. The van der Waals surface area contributed by atoms with Gasteiger partial charge in [0, 0.05) is 31.9 Å². The first-order valence-corrected chi connectivity index (χ1v) is 13.9. The number of rotatable bonds is 6. The van der Waals surface area contributed by atoms with Crippen molar-refractivity contribution in [2.75, 3.05) is 54.1 Å². The number of halogens is 3. The van der Waals surface area contributed by atoms with E-state index >= 15 is 4.39 Å². The van der Waals surface area contributed by atoms with Crippen LogP contribution >= 0.6 is 34.5 Å². The Hall–Kier alpha value is -3.25. The van der Waals surface area contributed by atoms with Gasteiger partial charge in [0.15, 0.2) is 5.13 Å². The maximum Gasteiger partial charge on any atom is 0.329 e. The van der Waals surface area contributed by atoms with Crippen LogP contribution in [0.3, 0.4) is 0 Å². The summed E-state index contributed by atoms with van der Waals surface area (Å²) in [5.41, 5.74) is 8.17. The van der Waals surface area contributed by atoms with Gasteiger partial charge in [0.1, 0.15) is 11.5 Å². The molecule has 204 valence electrons. The molecular formula is C26H26Cl2FN7O2S. The largest absolute Gasteiger partial charge is 0.378 e. The van der Waals surface area contributed by atoms with Gasteiger partial charge in [-0.05, 0) is 42.3 Å². The molecule has 0 unspecified atom stereocenters. The van der Waals surface area contributed by atoms with E-state index in [4.69, 9.17) is 44.1 Å². The van der Waals surface area contributed by atoms with Crippen LogP contribution < -0.4 is 20.4 Å². The van der Waals surface area contributed by atoms with E-state index in [1.165, 1.54) is 27.2 Å². The number of urea groups is 1. The minimum absolute atomic E-state index is 0.161. The van der Waals surface area contributed by atoms with Crippen molar-refractivity contribution in [2.24, 2.45) is 10.7 Å². The highest BCUT2D eigenvalue weighted by Crippen LogP contribution is 2.39. The first-order chi connectivity index (χ1) is 18.8. The van der Waals surface area contributed by atoms with Crippen LogP contribution in [0.25, 0.3) is 10.4 Å². The number of nitrogens with one attached hydrogen (secondary N) is 1. The molecule has 3 aromatic rings. The van der Waals surface area contributed by atoms with Gasteiger partial charge in [0.05, 0.1) is 39.5 Å². The van der Waals surface area contributed by atoms with Crippen LogP contribution in [-0.4, -0.2) is 62.1 Å². The quantitative estimate of drug-likeness (QED) is 0.286. The van der Waals surface area contributed by atoms with Gasteiger partial charge in [-0.25, -0.2) is 19.2 Å². The Bertz CT molecular complexity index is 1460. The maximum atomic E-state index is 15.2. The van der Waals surface area contributed by atoms with Crippen molar-refractivity contribution >= 4 is 68.7 Å². The van der Waals surface area contributed by atoms with Gasteiger partial charge in [0.2, 0.25) is 5.96 Å². The summed E-state index contributed by atoms with van der Waals surface area (Å²) in [7, 11) is 0. The van der Waals surface area contributed by atoms with Crippen LogP contribution in [0, 0.1) is 11.2 Å². The van der Waals surface area contributed by atoms with E-state index < -0.39 is 5.82 Å². The number of carbonyl (C=O) groups is 1. The average Bonchev–Trinajstić information content (AvgIpc) is 3.54. The normalized spacial score (nSPS) is 16.4. The molecule has 3 heterocycles. The molecule has 39 heavy (non-hydrogen) atoms. The monoisotopic (exact) mass is 589 g/mol. The van der Waals surface area contributed by atoms with Gasteiger partial charge in [-0.15, -0.1) is 0 Å². The molecule has 9 nitrogen and oxygen atoms in total. The lowest BCUT2D eigenvalue weighted by molar-refractivity contribution is 0.122. The number of carbonyl (C=O) groups excluding carboxylic acids is 1. The van der Waals surface area contributed by atoms with Gasteiger partial charge in [-0.3, -0.25) is 15.2 Å². The van der Waals surface area contributed by atoms with E-state index in [1.54, 1.807) is 30.3 Å². The molecule has 0 bridgehead atoms. The molecule has 0 spiro atoms. The molecule has 2 saturated heterocycles. The number of thiazole rings is 1. The number of aliphatic imine (C=N–C) groups is 1. The predicted molar refractivity (Wildman–Crippen MR) is 156 cm³/mol. The second-order valence-corrected chi connectivity index (χ2v) is 10.7. The number of nitrogens with zero attached hydrogens (tertiary/aromatic N) is 5. The number of nitrogens with two attached hydrogens (primary N) is 1. The average molecular weight is 591 g/mol. The molecule has 2 fully saturated rings. The number of guanidine groups is 1. The minimum Gasteiger partial charge on any atom is -0.378 e. The van der Waals surface area contributed by atoms with Crippen LogP contribution in [0.4, 0.5) is 25.7 Å². The Morgan fingerprint density at radius 3 is 2.56 bits per heavy atom. The number of morpholine rings is 1. The molecular weight excluding hydrogens is 564 g/mol. The molecule has 0 saturated carbocycles. The molecule has 2 aliphatic rings. The van der Waals surface area contributed by atoms with Crippen molar-refractivity contribution in [2.45, 2.75) is 13.3 Å². The highest BCUT2D eigenvalue weighted by molar-refractivity contribution is 7.19. The zero-order chi connectivity index (χ0) is 27.7. The van der Waals surface area contributed by atoms with E-state index in [2.05, 4.69) is 9.89 Å². The Morgan fingerprint density at radius 1 is 1.13 bits per heavy atom. The van der Waals surface area contributed by atoms with E-state index in [1.807, 2.05) is 6.92 Å². The van der Waals surface area contributed by atoms with E-state index in [0.717, 1.165) is 10.0 Å². The molecule has 0 radical (unpaired) electrons. The summed E-state index contributed by atoms with van der Waals surface area (Å²) in [4.78, 5) is 28.3. The third-order valence-corrected chi connectivity index (χ3v) is 8.39. The van der Waals surface area contributed by atoms with Crippen LogP contribution in [0.5, 0.6) is 0 Å². The first kappa shape index (κ1) is 27.3. The minimum atomic E-state index is -0.518. The molecule has 3 N–H and O–H groups in total. The number of anilines is 3. The molecule has 2 amide bonds. The topological polar surface area (TPSA) is 111 Å². The number of benzene rings is 2. The van der Waals surface area contributed by atoms with Gasteiger partial charge in [-0.2, -0.15) is 0 Å². The lowest BCUT2D eigenvalue weighted by Gasteiger charge is -2.26. The Kier molecular flexibility index (Phi) is 8.03. The molecule has 13 heteroatoms. The summed E-state index contributed by atoms with van der Waals surface area (Å²) < 4.78 is 20.7. The lowest BCUT2D eigenvalue weighted by atomic mass is 10.1. The van der Waals surface area contributed by atoms with Crippen LogP contribution in [0.1, 0.15) is 19.0 Å². The van der Waals surface area contributed by atoms with Crippen LogP contribution in [-0.2, 0) is 4.74 Å². The highest BCUT2D eigenvalue weighted by Gasteiger charge is 2.33. The Labute approximate surface area is 239 Å². The maximum absolute atomic E-state index is 15.2. The number of ether oxygens (including phenoxy) is 1. The summed E-state index contributed by atoms with van der Waals surface area (Å²) >= 11 is 13.6. The van der Waals surface area contributed by atoms with Gasteiger partial charge < -0.3 is 15.4 Å². The zero-order valence-electron chi connectivity index (χ0n) is 21.1. The fourth-order valence-corrected chi connectivity index (χ4v) is 5.98. The van der Waals surface area contributed by atoms with E-state index in [-0.39, 0.29) is 17.7 Å². The molecule has 2 aromatic carbocycles. The lowest BCUT2D eigenvalue weighted by Crippen LogP contribution is -2.36. The van der Waals surface area contributed by atoms with Crippen molar-refractivity contribution in [1.29, 1.82) is 5.41 Å². The third kappa shape index (κ3) is 5.58. The Balaban J connectivity index is 1.53. The SMILES string of the molecule is CCC(=NC(=N)N)c1nc(N2CCOCC2)sc1-c1ccc(F)c(N2CCN(c3ccc(Cl)c(Cl)c3)C2=O)c1. The van der Waals surface area contributed by atoms with Crippen LogP contribution in [0.15, 0.2) is 41.4 Å². The molecule has 0 aliphatic carbocycles. The van der Waals surface area contributed by atoms with E-state index in [0.29, 0.717) is 78.5 Å². The van der Waals surface area contributed by atoms with Crippen molar-refractivity contribution in [1.82, 2.24) is 4.98 Å². The predicted octanol–water partition coefficient (Wildman–Crippen LogP) is 5.63. The number of hydrogen-bond acceptors (Lipinski definition) is 6. The second kappa shape index (κ2) is 11.5. The summed E-state index contributed by atoms with van der Waals surface area (Å²) in [5, 5.41) is 9.19. The highest BCUT2D eigenvalue weighted by atomic mass is 35.5. The third-order valence-electron chi connectivity index (χ3n) is 6.48.